The normalized spacial score (nSPS) is 10.8. The first-order valence-corrected chi connectivity index (χ1v) is 7.05. The van der Waals surface area contributed by atoms with Crippen LogP contribution in [-0.2, 0) is 14.3 Å². The number of carbonyl (C=O) groups excluding carboxylic acids is 2. The lowest BCUT2D eigenvalue weighted by atomic mass is 10.1. The fraction of sp³-hybridized carbons (Fsp3) is 0.857. The summed E-state index contributed by atoms with van der Waals surface area (Å²) in [6.45, 7) is 9.61. The Balaban J connectivity index is 3.42. The molecule has 0 aromatic heterocycles. The molecule has 0 aromatic carbocycles. The number of hydrogen-bond acceptors (Lipinski definition) is 3. The first-order chi connectivity index (χ1) is 8.91. The van der Waals surface area contributed by atoms with Gasteiger partial charge >= 0.3 is 0 Å². The monoisotopic (exact) mass is 272 g/mol. The zero-order valence-electron chi connectivity index (χ0n) is 12.6. The van der Waals surface area contributed by atoms with Crippen LogP contribution >= 0.6 is 0 Å². The van der Waals surface area contributed by atoms with Gasteiger partial charge in [-0.05, 0) is 26.2 Å². The SMILES string of the molecule is CC(C)CCOCCC(=O)NCCC(=O)NC(C)C. The van der Waals surface area contributed by atoms with E-state index >= 15 is 0 Å². The van der Waals surface area contributed by atoms with Gasteiger partial charge in [-0.15, -0.1) is 0 Å². The Labute approximate surface area is 116 Å². The molecule has 0 radical (unpaired) electrons. The lowest BCUT2D eigenvalue weighted by Crippen LogP contribution is -2.34. The van der Waals surface area contributed by atoms with Gasteiger partial charge in [-0.25, -0.2) is 0 Å². The minimum atomic E-state index is -0.0677. The largest absolute Gasteiger partial charge is 0.381 e. The molecule has 0 saturated heterocycles. The van der Waals surface area contributed by atoms with Gasteiger partial charge in [0, 0.05) is 32.0 Å². The molecule has 0 bridgehead atoms. The van der Waals surface area contributed by atoms with Crippen LogP contribution in [0.3, 0.4) is 0 Å². The highest BCUT2D eigenvalue weighted by Crippen LogP contribution is 1.99. The molecule has 5 nitrogen and oxygen atoms in total. The molecule has 0 unspecified atom stereocenters. The smallest absolute Gasteiger partial charge is 0.222 e. The van der Waals surface area contributed by atoms with Crippen molar-refractivity contribution < 1.29 is 14.3 Å². The summed E-state index contributed by atoms with van der Waals surface area (Å²) >= 11 is 0. The predicted octanol–water partition coefficient (Wildman–Crippen LogP) is 1.47. The Morgan fingerprint density at radius 3 is 2.26 bits per heavy atom. The Bertz CT molecular complexity index is 265. The molecule has 0 aliphatic carbocycles. The maximum absolute atomic E-state index is 11.4. The molecule has 0 rings (SSSR count). The van der Waals surface area contributed by atoms with Crippen molar-refractivity contribution in [3.63, 3.8) is 0 Å². The molecule has 0 aliphatic heterocycles. The summed E-state index contributed by atoms with van der Waals surface area (Å²) in [7, 11) is 0. The minimum Gasteiger partial charge on any atom is -0.381 e. The number of nitrogens with one attached hydrogen (secondary N) is 2. The molecule has 19 heavy (non-hydrogen) atoms. The Morgan fingerprint density at radius 2 is 1.68 bits per heavy atom. The molecular formula is C14H28N2O3. The second kappa shape index (κ2) is 10.8. The third-order valence-corrected chi connectivity index (χ3v) is 2.44. The lowest BCUT2D eigenvalue weighted by Gasteiger charge is -2.09. The maximum Gasteiger partial charge on any atom is 0.222 e. The van der Waals surface area contributed by atoms with E-state index in [1.165, 1.54) is 0 Å². The van der Waals surface area contributed by atoms with Crippen molar-refractivity contribution in [2.45, 2.75) is 53.0 Å². The minimum absolute atomic E-state index is 0.0384. The fourth-order valence-electron chi connectivity index (χ4n) is 1.38. The van der Waals surface area contributed by atoms with Crippen LogP contribution in [0.1, 0.15) is 47.0 Å². The standard InChI is InChI=1S/C14H28N2O3/c1-11(2)6-9-19-10-7-13(17)15-8-5-14(18)16-12(3)4/h11-12H,5-10H2,1-4H3,(H,15,17)(H,16,18). The van der Waals surface area contributed by atoms with Gasteiger partial charge in [0.2, 0.25) is 11.8 Å². The van der Waals surface area contributed by atoms with Gasteiger partial charge in [0.25, 0.3) is 0 Å². The summed E-state index contributed by atoms with van der Waals surface area (Å²) < 4.78 is 5.36. The molecule has 2 amide bonds. The molecule has 0 saturated carbocycles. The highest BCUT2D eigenvalue weighted by Gasteiger charge is 2.05. The van der Waals surface area contributed by atoms with Crippen LogP contribution in [0, 0.1) is 5.92 Å². The van der Waals surface area contributed by atoms with Gasteiger partial charge in [0.15, 0.2) is 0 Å². The molecule has 0 fully saturated rings. The van der Waals surface area contributed by atoms with Crippen molar-refractivity contribution in [2.24, 2.45) is 5.92 Å². The number of amides is 2. The van der Waals surface area contributed by atoms with Crippen molar-refractivity contribution in [3.8, 4) is 0 Å². The van der Waals surface area contributed by atoms with E-state index in [1.54, 1.807) is 0 Å². The molecule has 0 aliphatic rings. The van der Waals surface area contributed by atoms with E-state index < -0.39 is 0 Å². The van der Waals surface area contributed by atoms with E-state index in [-0.39, 0.29) is 17.9 Å². The number of hydrogen-bond donors (Lipinski definition) is 2. The first-order valence-electron chi connectivity index (χ1n) is 7.05. The second-order valence-electron chi connectivity index (χ2n) is 5.37. The quantitative estimate of drug-likeness (QED) is 0.592. The van der Waals surface area contributed by atoms with Gasteiger partial charge in [-0.2, -0.15) is 0 Å². The Morgan fingerprint density at radius 1 is 1.00 bits per heavy atom. The lowest BCUT2D eigenvalue weighted by molar-refractivity contribution is -0.123. The summed E-state index contributed by atoms with van der Waals surface area (Å²) in [4.78, 5) is 22.7. The number of ether oxygens (including phenoxy) is 1. The van der Waals surface area contributed by atoms with Crippen LogP contribution < -0.4 is 10.6 Å². The zero-order valence-corrected chi connectivity index (χ0v) is 12.6. The summed E-state index contributed by atoms with van der Waals surface area (Å²) in [6.07, 6.45) is 1.68. The van der Waals surface area contributed by atoms with E-state index in [0.717, 1.165) is 6.42 Å². The molecule has 0 heterocycles. The van der Waals surface area contributed by atoms with Crippen molar-refractivity contribution in [2.75, 3.05) is 19.8 Å². The van der Waals surface area contributed by atoms with Crippen LogP contribution in [0.5, 0.6) is 0 Å². The van der Waals surface area contributed by atoms with Crippen molar-refractivity contribution in [1.29, 1.82) is 0 Å². The third kappa shape index (κ3) is 13.1. The number of rotatable bonds is 10. The van der Waals surface area contributed by atoms with Crippen molar-refractivity contribution in [1.82, 2.24) is 10.6 Å². The second-order valence-corrected chi connectivity index (χ2v) is 5.37. The topological polar surface area (TPSA) is 67.4 Å². The highest BCUT2D eigenvalue weighted by molar-refractivity contribution is 5.79. The molecule has 5 heteroatoms. The predicted molar refractivity (Wildman–Crippen MR) is 75.8 cm³/mol. The highest BCUT2D eigenvalue weighted by atomic mass is 16.5. The first kappa shape index (κ1) is 17.9. The average Bonchev–Trinajstić information content (AvgIpc) is 2.27. The van der Waals surface area contributed by atoms with Gasteiger partial charge in [0.05, 0.1) is 6.61 Å². The van der Waals surface area contributed by atoms with E-state index in [4.69, 9.17) is 4.74 Å². The van der Waals surface area contributed by atoms with Crippen LogP contribution in [0.25, 0.3) is 0 Å². The van der Waals surface area contributed by atoms with Crippen LogP contribution in [0.15, 0.2) is 0 Å². The summed E-state index contributed by atoms with van der Waals surface area (Å²) in [5.41, 5.74) is 0. The van der Waals surface area contributed by atoms with Gasteiger partial charge < -0.3 is 15.4 Å². The summed E-state index contributed by atoms with van der Waals surface area (Å²) in [6, 6.07) is 0.137. The molecule has 112 valence electrons. The maximum atomic E-state index is 11.4. The van der Waals surface area contributed by atoms with Crippen LogP contribution in [0.2, 0.25) is 0 Å². The van der Waals surface area contributed by atoms with Gasteiger partial charge in [-0.3, -0.25) is 9.59 Å². The molecule has 0 spiro atoms. The van der Waals surface area contributed by atoms with E-state index in [9.17, 15) is 9.59 Å². The van der Waals surface area contributed by atoms with Gasteiger partial charge in [-0.1, -0.05) is 13.8 Å². The fourth-order valence-corrected chi connectivity index (χ4v) is 1.38. The molecule has 2 N–H and O–H groups in total. The summed E-state index contributed by atoms with van der Waals surface area (Å²) in [5, 5.41) is 5.48. The average molecular weight is 272 g/mol. The van der Waals surface area contributed by atoms with E-state index in [2.05, 4.69) is 24.5 Å². The zero-order chi connectivity index (χ0) is 14.7. The van der Waals surface area contributed by atoms with Crippen LogP contribution in [-0.4, -0.2) is 37.6 Å². The number of carbonyl (C=O) groups is 2. The Hall–Kier alpha value is -1.10. The molecule has 0 aromatic rings. The molecule has 0 atom stereocenters. The van der Waals surface area contributed by atoms with E-state index in [0.29, 0.717) is 38.5 Å². The summed E-state index contributed by atoms with van der Waals surface area (Å²) in [5.74, 6) is 0.513. The third-order valence-electron chi connectivity index (χ3n) is 2.44. The Kier molecular flexibility index (Phi) is 10.2. The molecular weight excluding hydrogens is 244 g/mol. The van der Waals surface area contributed by atoms with E-state index in [1.807, 2.05) is 13.8 Å². The van der Waals surface area contributed by atoms with Crippen molar-refractivity contribution in [3.05, 3.63) is 0 Å². The van der Waals surface area contributed by atoms with Gasteiger partial charge in [0.1, 0.15) is 0 Å². The van der Waals surface area contributed by atoms with Crippen LogP contribution in [0.4, 0.5) is 0 Å². The van der Waals surface area contributed by atoms with Crippen molar-refractivity contribution >= 4 is 11.8 Å².